The van der Waals surface area contributed by atoms with Gasteiger partial charge >= 0.3 is 5.97 Å². The number of benzene rings is 3. The molecule has 0 N–H and O–H groups in total. The molecule has 6 rings (SSSR count). The van der Waals surface area contributed by atoms with Crippen LogP contribution in [0, 0.1) is 5.41 Å². The number of carbonyl (C=O) groups excluding carboxylic acids is 3. The van der Waals surface area contributed by atoms with Gasteiger partial charge in [-0.3, -0.25) is 9.59 Å². The van der Waals surface area contributed by atoms with Crippen LogP contribution in [0.4, 0.5) is 5.69 Å². The number of nitrogens with zero attached hydrogens (tertiary/aromatic N) is 1. The topological polar surface area (TPSA) is 91.4 Å². The Balaban J connectivity index is 1.70. The second-order valence-corrected chi connectivity index (χ2v) is 9.75. The van der Waals surface area contributed by atoms with Gasteiger partial charge in [0, 0.05) is 22.7 Å². The van der Waals surface area contributed by atoms with Crippen molar-refractivity contribution in [2.24, 2.45) is 5.41 Å². The van der Waals surface area contributed by atoms with E-state index < -0.39 is 29.4 Å². The molecule has 8 nitrogen and oxygen atoms in total. The predicted molar refractivity (Wildman–Crippen MR) is 144 cm³/mol. The van der Waals surface area contributed by atoms with Crippen LogP contribution in [0.2, 0.25) is 0 Å². The van der Waals surface area contributed by atoms with E-state index in [0.717, 1.165) is 11.3 Å². The van der Waals surface area contributed by atoms with Crippen molar-refractivity contribution in [2.75, 3.05) is 33.3 Å². The molecule has 1 fully saturated rings. The number of para-hydroxylation sites is 1. The van der Waals surface area contributed by atoms with E-state index in [0.29, 0.717) is 33.9 Å². The Morgan fingerprint density at radius 2 is 1.41 bits per heavy atom. The standard InChI is InChI=1S/C31H27NO7/c1-36-22-15-18(16-23(37-2)27(22)38-3)25-26(30(35)39-4)32-21-12-8-5-9-17(21)13-14-24(32)31(25)28(33)19-10-6-7-11-20(19)29(31)34/h5-16,24-26H,1-4H3/t24-,25-,26-/m1/s1. The minimum Gasteiger partial charge on any atom is -0.493 e. The fraction of sp³-hybridized carbons (Fsp3) is 0.258. The Morgan fingerprint density at radius 1 is 0.821 bits per heavy atom. The number of esters is 1. The molecule has 198 valence electrons. The van der Waals surface area contributed by atoms with Crippen LogP contribution in [0.1, 0.15) is 37.8 Å². The normalized spacial score (nSPS) is 21.8. The largest absolute Gasteiger partial charge is 0.493 e. The quantitative estimate of drug-likeness (QED) is 0.359. The van der Waals surface area contributed by atoms with Gasteiger partial charge in [-0.2, -0.15) is 0 Å². The third-order valence-corrected chi connectivity index (χ3v) is 8.20. The Labute approximate surface area is 225 Å². The van der Waals surface area contributed by atoms with Crippen molar-refractivity contribution < 1.29 is 33.3 Å². The first-order valence-corrected chi connectivity index (χ1v) is 12.6. The van der Waals surface area contributed by atoms with E-state index in [4.69, 9.17) is 18.9 Å². The average Bonchev–Trinajstić information content (AvgIpc) is 3.42. The number of methoxy groups -OCH3 is 4. The van der Waals surface area contributed by atoms with E-state index in [2.05, 4.69) is 0 Å². The number of ketones is 2. The molecule has 8 heteroatoms. The molecular weight excluding hydrogens is 498 g/mol. The summed E-state index contributed by atoms with van der Waals surface area (Å²) < 4.78 is 22.1. The molecular formula is C31H27NO7. The van der Waals surface area contributed by atoms with E-state index in [-0.39, 0.29) is 11.6 Å². The van der Waals surface area contributed by atoms with Crippen molar-refractivity contribution in [3.05, 3.63) is 89.0 Å². The van der Waals surface area contributed by atoms with Gasteiger partial charge in [-0.25, -0.2) is 4.79 Å². The molecule has 0 amide bonds. The smallest absolute Gasteiger partial charge is 0.329 e. The van der Waals surface area contributed by atoms with Crippen molar-refractivity contribution in [3.63, 3.8) is 0 Å². The molecule has 1 saturated heterocycles. The molecule has 0 radical (unpaired) electrons. The molecule has 3 aliphatic rings. The summed E-state index contributed by atoms with van der Waals surface area (Å²) in [7, 11) is 5.80. The van der Waals surface area contributed by atoms with Crippen LogP contribution in [0.15, 0.2) is 66.7 Å². The van der Waals surface area contributed by atoms with Gasteiger partial charge in [-0.05, 0) is 29.3 Å². The number of Topliss-reactive ketones (excluding diaryl/α,β-unsaturated/α-hetero) is 2. The lowest BCUT2D eigenvalue weighted by Crippen LogP contribution is -2.48. The van der Waals surface area contributed by atoms with Gasteiger partial charge in [0.25, 0.3) is 0 Å². The highest BCUT2D eigenvalue weighted by molar-refractivity contribution is 6.32. The highest BCUT2D eigenvalue weighted by Crippen LogP contribution is 2.61. The van der Waals surface area contributed by atoms with Gasteiger partial charge in [0.05, 0.1) is 34.5 Å². The first kappa shape index (κ1) is 24.7. The first-order chi connectivity index (χ1) is 18.9. The lowest BCUT2D eigenvalue weighted by atomic mass is 9.64. The summed E-state index contributed by atoms with van der Waals surface area (Å²) in [6.45, 7) is 0. The molecule has 0 unspecified atom stereocenters. The number of rotatable bonds is 5. The second-order valence-electron chi connectivity index (χ2n) is 9.75. The lowest BCUT2D eigenvalue weighted by Gasteiger charge is -2.36. The van der Waals surface area contributed by atoms with Gasteiger partial charge < -0.3 is 23.8 Å². The van der Waals surface area contributed by atoms with E-state index in [1.54, 1.807) is 36.4 Å². The zero-order valence-corrected chi connectivity index (χ0v) is 22.0. The first-order valence-electron chi connectivity index (χ1n) is 12.6. The summed E-state index contributed by atoms with van der Waals surface area (Å²) in [6.07, 6.45) is 3.77. The summed E-state index contributed by atoms with van der Waals surface area (Å²) >= 11 is 0. The van der Waals surface area contributed by atoms with Gasteiger partial charge in [-0.15, -0.1) is 0 Å². The van der Waals surface area contributed by atoms with E-state index in [9.17, 15) is 14.4 Å². The summed E-state index contributed by atoms with van der Waals surface area (Å²) in [5.41, 5.74) is 1.19. The molecule has 2 heterocycles. The molecule has 2 aliphatic heterocycles. The van der Waals surface area contributed by atoms with E-state index in [1.807, 2.05) is 41.3 Å². The Bertz CT molecular complexity index is 1500. The second kappa shape index (κ2) is 9.01. The number of hydrogen-bond donors (Lipinski definition) is 0. The molecule has 3 atom stereocenters. The molecule has 3 aromatic carbocycles. The summed E-state index contributed by atoms with van der Waals surface area (Å²) in [4.78, 5) is 44.7. The monoisotopic (exact) mass is 525 g/mol. The molecule has 39 heavy (non-hydrogen) atoms. The predicted octanol–water partition coefficient (Wildman–Crippen LogP) is 4.32. The van der Waals surface area contributed by atoms with Gasteiger partial charge in [0.15, 0.2) is 23.1 Å². The third kappa shape index (κ3) is 3.14. The molecule has 0 aromatic heterocycles. The molecule has 1 aliphatic carbocycles. The summed E-state index contributed by atoms with van der Waals surface area (Å²) in [5.74, 6) is -1.09. The van der Waals surface area contributed by atoms with Crippen LogP contribution in [-0.4, -0.2) is 58.1 Å². The highest BCUT2D eigenvalue weighted by Gasteiger charge is 2.72. The fourth-order valence-electron chi connectivity index (χ4n) is 6.66. The van der Waals surface area contributed by atoms with Crippen molar-refractivity contribution >= 4 is 29.3 Å². The molecule has 1 spiro atoms. The highest BCUT2D eigenvalue weighted by atomic mass is 16.5. The molecule has 3 aromatic rings. The van der Waals surface area contributed by atoms with E-state index in [1.165, 1.54) is 28.4 Å². The number of ether oxygens (including phenoxy) is 4. The van der Waals surface area contributed by atoms with Crippen molar-refractivity contribution in [3.8, 4) is 17.2 Å². The maximum absolute atomic E-state index is 14.5. The van der Waals surface area contributed by atoms with Crippen LogP contribution in [0.25, 0.3) is 6.08 Å². The van der Waals surface area contributed by atoms with E-state index >= 15 is 0 Å². The maximum atomic E-state index is 14.5. The van der Waals surface area contributed by atoms with Crippen molar-refractivity contribution in [1.82, 2.24) is 0 Å². The van der Waals surface area contributed by atoms with Crippen LogP contribution in [-0.2, 0) is 9.53 Å². The van der Waals surface area contributed by atoms with Crippen molar-refractivity contribution in [1.29, 1.82) is 0 Å². The third-order valence-electron chi connectivity index (χ3n) is 8.20. The number of fused-ring (bicyclic) bond motifs is 5. The zero-order chi connectivity index (χ0) is 27.5. The Morgan fingerprint density at radius 3 is 1.97 bits per heavy atom. The minimum absolute atomic E-state index is 0.327. The average molecular weight is 526 g/mol. The number of anilines is 1. The SMILES string of the molecule is COC(=O)[C@H]1[C@@H](c2cc(OC)c(OC)c(OC)c2)C2(C(=O)c3ccccc3C2=O)[C@H]2C=Cc3ccccc3N12. The molecule has 0 saturated carbocycles. The maximum Gasteiger partial charge on any atom is 0.329 e. The Kier molecular flexibility index (Phi) is 5.71. The fourth-order valence-corrected chi connectivity index (χ4v) is 6.66. The van der Waals surface area contributed by atoms with Crippen LogP contribution in [0.3, 0.4) is 0 Å². The Hall–Kier alpha value is -4.59. The van der Waals surface area contributed by atoms with Crippen LogP contribution < -0.4 is 19.1 Å². The van der Waals surface area contributed by atoms with Gasteiger partial charge in [-0.1, -0.05) is 54.6 Å². The number of hydrogen-bond acceptors (Lipinski definition) is 8. The summed E-state index contributed by atoms with van der Waals surface area (Å²) in [6, 6.07) is 16.1. The van der Waals surface area contributed by atoms with Crippen LogP contribution in [0.5, 0.6) is 17.2 Å². The lowest BCUT2D eigenvalue weighted by molar-refractivity contribution is -0.142. The number of carbonyl (C=O) groups is 3. The minimum atomic E-state index is -1.64. The molecule has 0 bridgehead atoms. The summed E-state index contributed by atoms with van der Waals surface area (Å²) in [5, 5.41) is 0. The van der Waals surface area contributed by atoms with Gasteiger partial charge in [0.2, 0.25) is 5.75 Å². The zero-order valence-electron chi connectivity index (χ0n) is 22.0. The van der Waals surface area contributed by atoms with Gasteiger partial charge in [0.1, 0.15) is 11.5 Å². The van der Waals surface area contributed by atoms with Crippen molar-refractivity contribution in [2.45, 2.75) is 18.0 Å². The van der Waals surface area contributed by atoms with Crippen LogP contribution >= 0.6 is 0 Å².